The molecule has 146 valence electrons. The van der Waals surface area contributed by atoms with Crippen LogP contribution in [-0.2, 0) is 0 Å². The number of carbonyl (C=O) groups excluding carboxylic acids is 1. The standard InChI is InChI=1S/C21H22Cl2N4O/c1-21(10-3-2-4-11-21)27-19(28)13-8-9-16-17(12-13)25-20(24-16)26-18-14(22)6-5-7-15(18)23/h5-9,12H,2-4,10-11H2,1H3,(H,27,28)(H2,24,25,26). The topological polar surface area (TPSA) is 69.8 Å². The minimum Gasteiger partial charge on any atom is -0.347 e. The summed E-state index contributed by atoms with van der Waals surface area (Å²) >= 11 is 12.4. The van der Waals surface area contributed by atoms with Crippen LogP contribution in [0, 0.1) is 0 Å². The molecule has 0 saturated heterocycles. The van der Waals surface area contributed by atoms with E-state index in [9.17, 15) is 4.79 Å². The average Bonchev–Trinajstić information content (AvgIpc) is 3.07. The molecule has 0 unspecified atom stereocenters. The van der Waals surface area contributed by atoms with Gasteiger partial charge in [-0.2, -0.15) is 0 Å². The van der Waals surface area contributed by atoms with Gasteiger partial charge in [0.2, 0.25) is 5.95 Å². The van der Waals surface area contributed by atoms with Crippen LogP contribution in [0.4, 0.5) is 11.6 Å². The Kier molecular flexibility index (Phi) is 5.21. The zero-order valence-corrected chi connectivity index (χ0v) is 17.1. The van der Waals surface area contributed by atoms with E-state index in [1.807, 2.05) is 12.1 Å². The minimum atomic E-state index is -0.122. The number of H-pyrrole nitrogens is 1. The zero-order valence-electron chi connectivity index (χ0n) is 15.6. The summed E-state index contributed by atoms with van der Waals surface area (Å²) in [6, 6.07) is 10.8. The fraction of sp³-hybridized carbons (Fsp3) is 0.333. The van der Waals surface area contributed by atoms with Crippen molar-refractivity contribution in [3.8, 4) is 0 Å². The Morgan fingerprint density at radius 2 is 1.82 bits per heavy atom. The normalized spacial score (nSPS) is 16.1. The Morgan fingerprint density at radius 1 is 1.11 bits per heavy atom. The van der Waals surface area contributed by atoms with E-state index in [-0.39, 0.29) is 11.4 Å². The summed E-state index contributed by atoms with van der Waals surface area (Å²) in [6.45, 7) is 2.13. The number of benzene rings is 2. The van der Waals surface area contributed by atoms with Gasteiger partial charge in [-0.1, -0.05) is 48.5 Å². The number of anilines is 2. The van der Waals surface area contributed by atoms with Crippen LogP contribution in [0.1, 0.15) is 49.4 Å². The number of para-hydroxylation sites is 1. The molecule has 5 nitrogen and oxygen atoms in total. The van der Waals surface area contributed by atoms with E-state index in [2.05, 4.69) is 27.5 Å². The highest BCUT2D eigenvalue weighted by Crippen LogP contribution is 2.32. The van der Waals surface area contributed by atoms with Crippen LogP contribution in [0.2, 0.25) is 10.0 Å². The van der Waals surface area contributed by atoms with E-state index >= 15 is 0 Å². The molecule has 1 saturated carbocycles. The number of aromatic amines is 1. The number of carbonyl (C=O) groups is 1. The fourth-order valence-electron chi connectivity index (χ4n) is 3.75. The van der Waals surface area contributed by atoms with Gasteiger partial charge in [0.15, 0.2) is 0 Å². The summed E-state index contributed by atoms with van der Waals surface area (Å²) in [5.74, 6) is 0.458. The lowest BCUT2D eigenvalue weighted by Gasteiger charge is -2.34. The first-order valence-electron chi connectivity index (χ1n) is 9.47. The van der Waals surface area contributed by atoms with E-state index in [4.69, 9.17) is 23.2 Å². The van der Waals surface area contributed by atoms with E-state index in [1.165, 1.54) is 6.42 Å². The summed E-state index contributed by atoms with van der Waals surface area (Å²) in [5, 5.41) is 7.35. The van der Waals surface area contributed by atoms with Crippen molar-refractivity contribution in [1.29, 1.82) is 0 Å². The smallest absolute Gasteiger partial charge is 0.251 e. The SMILES string of the molecule is CC1(NC(=O)c2ccc3[nH]c(Nc4c(Cl)cccc4Cl)nc3c2)CCCCC1. The second-order valence-corrected chi connectivity index (χ2v) is 8.43. The third-order valence-electron chi connectivity index (χ3n) is 5.32. The van der Waals surface area contributed by atoms with Crippen LogP contribution in [-0.4, -0.2) is 21.4 Å². The lowest BCUT2D eigenvalue weighted by Crippen LogP contribution is -2.47. The van der Waals surface area contributed by atoms with Crippen LogP contribution in [0.25, 0.3) is 11.0 Å². The van der Waals surface area contributed by atoms with Crippen LogP contribution >= 0.6 is 23.2 Å². The molecule has 2 aromatic carbocycles. The highest BCUT2D eigenvalue weighted by atomic mass is 35.5. The molecule has 1 aliphatic rings. The molecule has 1 aliphatic carbocycles. The maximum absolute atomic E-state index is 12.7. The number of rotatable bonds is 4. The molecule has 4 rings (SSSR count). The number of nitrogens with one attached hydrogen (secondary N) is 3. The number of hydrogen-bond acceptors (Lipinski definition) is 3. The molecular weight excluding hydrogens is 395 g/mol. The van der Waals surface area contributed by atoms with Crippen LogP contribution in [0.15, 0.2) is 36.4 Å². The number of nitrogens with zero attached hydrogens (tertiary/aromatic N) is 1. The van der Waals surface area contributed by atoms with Crippen molar-refractivity contribution >= 4 is 51.8 Å². The maximum atomic E-state index is 12.7. The van der Waals surface area contributed by atoms with Gasteiger partial charge in [0.1, 0.15) is 0 Å². The number of imidazole rings is 1. The van der Waals surface area contributed by atoms with Crippen molar-refractivity contribution in [2.45, 2.75) is 44.6 Å². The Labute approximate surface area is 173 Å². The van der Waals surface area contributed by atoms with Crippen molar-refractivity contribution in [3.63, 3.8) is 0 Å². The summed E-state index contributed by atoms with van der Waals surface area (Å²) in [7, 11) is 0. The third kappa shape index (κ3) is 3.96. The van der Waals surface area contributed by atoms with E-state index < -0.39 is 0 Å². The van der Waals surface area contributed by atoms with Gasteiger partial charge in [-0.15, -0.1) is 0 Å². The summed E-state index contributed by atoms with van der Waals surface area (Å²) in [4.78, 5) is 20.5. The van der Waals surface area contributed by atoms with Gasteiger partial charge in [-0.3, -0.25) is 4.79 Å². The lowest BCUT2D eigenvalue weighted by atomic mass is 9.83. The molecule has 28 heavy (non-hydrogen) atoms. The monoisotopic (exact) mass is 416 g/mol. The average molecular weight is 417 g/mol. The third-order valence-corrected chi connectivity index (χ3v) is 5.95. The van der Waals surface area contributed by atoms with Gasteiger partial charge in [0.25, 0.3) is 5.91 Å². The van der Waals surface area contributed by atoms with Gasteiger partial charge in [-0.25, -0.2) is 4.98 Å². The first-order valence-corrected chi connectivity index (χ1v) is 10.2. The Bertz CT molecular complexity index is 1000. The molecule has 1 amide bonds. The second-order valence-electron chi connectivity index (χ2n) is 7.61. The molecule has 0 atom stereocenters. The molecule has 3 N–H and O–H groups in total. The molecule has 0 bridgehead atoms. The molecule has 3 aromatic rings. The maximum Gasteiger partial charge on any atom is 0.251 e. The Balaban J connectivity index is 1.55. The van der Waals surface area contributed by atoms with E-state index in [0.29, 0.717) is 32.8 Å². The summed E-state index contributed by atoms with van der Waals surface area (Å²) in [5.41, 5.74) is 2.60. The number of halogens is 2. The fourth-order valence-corrected chi connectivity index (χ4v) is 4.24. The molecule has 1 fully saturated rings. The molecule has 1 aromatic heterocycles. The van der Waals surface area contributed by atoms with E-state index in [0.717, 1.165) is 31.2 Å². The molecule has 0 radical (unpaired) electrons. The highest BCUT2D eigenvalue weighted by Gasteiger charge is 2.28. The molecule has 0 aliphatic heterocycles. The largest absolute Gasteiger partial charge is 0.347 e. The van der Waals surface area contributed by atoms with E-state index in [1.54, 1.807) is 24.3 Å². The molecule has 7 heteroatoms. The van der Waals surface area contributed by atoms with Gasteiger partial charge >= 0.3 is 0 Å². The number of amides is 1. The Hall–Kier alpha value is -2.24. The predicted molar refractivity (Wildman–Crippen MR) is 115 cm³/mol. The number of fused-ring (bicyclic) bond motifs is 1. The zero-order chi connectivity index (χ0) is 19.7. The quantitative estimate of drug-likeness (QED) is 0.483. The van der Waals surface area contributed by atoms with Gasteiger partial charge in [-0.05, 0) is 50.1 Å². The minimum absolute atomic E-state index is 0.0574. The van der Waals surface area contributed by atoms with Crippen molar-refractivity contribution in [3.05, 3.63) is 52.0 Å². The summed E-state index contributed by atoms with van der Waals surface area (Å²) in [6.07, 6.45) is 5.62. The predicted octanol–water partition coefficient (Wildman–Crippen LogP) is 6.07. The van der Waals surface area contributed by atoms with Crippen molar-refractivity contribution in [1.82, 2.24) is 15.3 Å². The highest BCUT2D eigenvalue weighted by molar-refractivity contribution is 6.39. The Morgan fingerprint density at radius 3 is 2.54 bits per heavy atom. The first kappa shape index (κ1) is 19.1. The number of aromatic nitrogens is 2. The van der Waals surface area contributed by atoms with Crippen LogP contribution < -0.4 is 10.6 Å². The summed E-state index contributed by atoms with van der Waals surface area (Å²) < 4.78 is 0. The van der Waals surface area contributed by atoms with Gasteiger partial charge in [0.05, 0.1) is 26.8 Å². The lowest BCUT2D eigenvalue weighted by molar-refractivity contribution is 0.0883. The van der Waals surface area contributed by atoms with Crippen LogP contribution in [0.3, 0.4) is 0 Å². The first-order chi connectivity index (χ1) is 13.4. The van der Waals surface area contributed by atoms with Crippen molar-refractivity contribution in [2.24, 2.45) is 0 Å². The molecular formula is C21H22Cl2N4O. The van der Waals surface area contributed by atoms with Crippen molar-refractivity contribution in [2.75, 3.05) is 5.32 Å². The molecule has 1 heterocycles. The second kappa shape index (κ2) is 7.64. The van der Waals surface area contributed by atoms with Gasteiger partial charge in [0, 0.05) is 11.1 Å². The van der Waals surface area contributed by atoms with Gasteiger partial charge < -0.3 is 15.6 Å². The number of hydrogen-bond donors (Lipinski definition) is 3. The van der Waals surface area contributed by atoms with Crippen LogP contribution in [0.5, 0.6) is 0 Å². The molecule has 0 spiro atoms. The van der Waals surface area contributed by atoms with Crippen molar-refractivity contribution < 1.29 is 4.79 Å².